The van der Waals surface area contributed by atoms with Crippen molar-refractivity contribution in [3.8, 4) is 0 Å². The van der Waals surface area contributed by atoms with Gasteiger partial charge in [0.2, 0.25) is 0 Å². The first-order valence-electron chi connectivity index (χ1n) is 14.5. The number of carbonyl (C=O) groups is 1. The van der Waals surface area contributed by atoms with Gasteiger partial charge in [-0.2, -0.15) is 0 Å². The van der Waals surface area contributed by atoms with E-state index in [0.29, 0.717) is 19.0 Å². The van der Waals surface area contributed by atoms with Gasteiger partial charge < -0.3 is 15.0 Å². The predicted molar refractivity (Wildman–Crippen MR) is 147 cm³/mol. The standard InChI is InChI=1S/C18H26N2O2.C13H18N2/c1-18(2,3)22-17(21)20-9-8-16-15(12-20)10-14(11-19-16)13-6-4-5-7-13;1-2-4-10(3-1)11-7-12-8-14-6-5-13(12)15-9-11/h10-11,13H,4-9,12H2,1-3H3;7,9-10,14H,1-6,8H2. The Labute approximate surface area is 222 Å². The topological polar surface area (TPSA) is 67.3 Å². The zero-order chi connectivity index (χ0) is 25.8. The number of nitrogens with one attached hydrogen (secondary N) is 1. The van der Waals surface area contributed by atoms with Crippen molar-refractivity contribution in [1.29, 1.82) is 0 Å². The fraction of sp³-hybridized carbons (Fsp3) is 0.645. The smallest absolute Gasteiger partial charge is 0.410 e. The van der Waals surface area contributed by atoms with E-state index in [2.05, 4.69) is 39.8 Å². The molecule has 0 spiro atoms. The average molecular weight is 505 g/mol. The molecule has 0 unspecified atom stereocenters. The van der Waals surface area contributed by atoms with E-state index in [-0.39, 0.29) is 6.09 Å². The summed E-state index contributed by atoms with van der Waals surface area (Å²) in [7, 11) is 0. The normalized spacial score (nSPS) is 20.1. The van der Waals surface area contributed by atoms with Gasteiger partial charge in [0.05, 0.1) is 6.54 Å². The number of fused-ring (bicyclic) bond motifs is 2. The molecule has 0 atom stereocenters. The lowest BCUT2D eigenvalue weighted by atomic mass is 9.95. The summed E-state index contributed by atoms with van der Waals surface area (Å²) >= 11 is 0. The maximum atomic E-state index is 12.2. The number of nitrogens with zero attached hydrogens (tertiary/aromatic N) is 3. The van der Waals surface area contributed by atoms with Crippen molar-refractivity contribution in [1.82, 2.24) is 20.2 Å². The number of hydrogen-bond donors (Lipinski definition) is 1. The Morgan fingerprint density at radius 3 is 2.05 bits per heavy atom. The Bertz CT molecular complexity index is 1080. The minimum absolute atomic E-state index is 0.218. The molecule has 4 heterocycles. The van der Waals surface area contributed by atoms with Gasteiger partial charge in [0.15, 0.2) is 0 Å². The van der Waals surface area contributed by atoms with Crippen LogP contribution in [0.4, 0.5) is 4.79 Å². The van der Waals surface area contributed by atoms with E-state index in [9.17, 15) is 4.79 Å². The van der Waals surface area contributed by atoms with Crippen LogP contribution >= 0.6 is 0 Å². The Balaban J connectivity index is 0.000000162. The van der Waals surface area contributed by atoms with E-state index in [1.807, 2.05) is 20.8 Å². The summed E-state index contributed by atoms with van der Waals surface area (Å²) in [5.74, 6) is 1.46. The quantitative estimate of drug-likeness (QED) is 0.511. The van der Waals surface area contributed by atoms with Crippen molar-refractivity contribution in [2.75, 3.05) is 13.1 Å². The molecular formula is C31H44N4O2. The van der Waals surface area contributed by atoms with Crippen LogP contribution in [0.2, 0.25) is 0 Å². The molecule has 2 aromatic rings. The summed E-state index contributed by atoms with van der Waals surface area (Å²) < 4.78 is 5.49. The maximum absolute atomic E-state index is 12.2. The third kappa shape index (κ3) is 6.70. The molecule has 200 valence electrons. The average Bonchev–Trinajstić information content (AvgIpc) is 3.62. The first kappa shape index (κ1) is 26.1. The number of aromatic nitrogens is 2. The Morgan fingerprint density at radius 2 is 1.46 bits per heavy atom. The van der Waals surface area contributed by atoms with Crippen molar-refractivity contribution >= 4 is 6.09 Å². The van der Waals surface area contributed by atoms with Crippen molar-refractivity contribution in [2.24, 2.45) is 0 Å². The van der Waals surface area contributed by atoms with Crippen molar-refractivity contribution in [2.45, 2.75) is 116 Å². The fourth-order valence-corrected chi connectivity index (χ4v) is 6.26. The highest BCUT2D eigenvalue weighted by Crippen LogP contribution is 2.36. The molecule has 2 aliphatic heterocycles. The Hall–Kier alpha value is -2.47. The SMILES string of the molecule is CC(C)(C)OC(=O)N1CCc2ncc(C3CCCC3)cc2C1.c1nc2c(cc1C1CCCC1)CNCC2. The van der Waals surface area contributed by atoms with Gasteiger partial charge in [0, 0.05) is 56.3 Å². The zero-order valence-corrected chi connectivity index (χ0v) is 23.0. The minimum atomic E-state index is -0.443. The van der Waals surface area contributed by atoms with Crippen LogP contribution in [0, 0.1) is 0 Å². The van der Waals surface area contributed by atoms with Crippen LogP contribution in [0.25, 0.3) is 0 Å². The first-order chi connectivity index (χ1) is 17.9. The lowest BCUT2D eigenvalue weighted by Gasteiger charge is -2.31. The van der Waals surface area contributed by atoms with E-state index in [1.165, 1.54) is 79.3 Å². The fourth-order valence-electron chi connectivity index (χ4n) is 6.26. The van der Waals surface area contributed by atoms with E-state index < -0.39 is 5.60 Å². The van der Waals surface area contributed by atoms with Crippen LogP contribution in [0.1, 0.15) is 118 Å². The minimum Gasteiger partial charge on any atom is -0.444 e. The van der Waals surface area contributed by atoms with Crippen LogP contribution in [0.15, 0.2) is 24.5 Å². The van der Waals surface area contributed by atoms with Gasteiger partial charge in [-0.05, 0) is 80.5 Å². The van der Waals surface area contributed by atoms with Crippen LogP contribution in [-0.4, -0.2) is 39.7 Å². The number of rotatable bonds is 2. The van der Waals surface area contributed by atoms with Gasteiger partial charge in [-0.15, -0.1) is 0 Å². The van der Waals surface area contributed by atoms with Gasteiger partial charge in [-0.25, -0.2) is 4.79 Å². The molecule has 37 heavy (non-hydrogen) atoms. The molecule has 2 saturated carbocycles. The van der Waals surface area contributed by atoms with Crippen molar-refractivity contribution < 1.29 is 9.53 Å². The first-order valence-corrected chi connectivity index (χ1v) is 14.5. The highest BCUT2D eigenvalue weighted by molar-refractivity contribution is 5.68. The number of amides is 1. The lowest BCUT2D eigenvalue weighted by molar-refractivity contribution is 0.0222. The predicted octanol–water partition coefficient (Wildman–Crippen LogP) is 6.42. The molecule has 2 fully saturated rings. The highest BCUT2D eigenvalue weighted by Gasteiger charge is 2.27. The molecule has 6 nitrogen and oxygen atoms in total. The molecule has 4 aliphatic rings. The molecule has 1 N–H and O–H groups in total. The zero-order valence-electron chi connectivity index (χ0n) is 23.0. The number of pyridine rings is 2. The monoisotopic (exact) mass is 504 g/mol. The highest BCUT2D eigenvalue weighted by atomic mass is 16.6. The van der Waals surface area contributed by atoms with E-state index in [4.69, 9.17) is 4.74 Å². The molecule has 6 heteroatoms. The largest absolute Gasteiger partial charge is 0.444 e. The molecule has 2 aromatic heterocycles. The number of hydrogen-bond acceptors (Lipinski definition) is 5. The van der Waals surface area contributed by atoms with E-state index in [1.54, 1.807) is 4.90 Å². The summed E-state index contributed by atoms with van der Waals surface area (Å²) in [4.78, 5) is 23.3. The summed E-state index contributed by atoms with van der Waals surface area (Å²) in [6, 6.07) is 4.67. The molecular weight excluding hydrogens is 460 g/mol. The Morgan fingerprint density at radius 1 is 0.892 bits per heavy atom. The molecule has 1 amide bonds. The van der Waals surface area contributed by atoms with Crippen LogP contribution < -0.4 is 5.32 Å². The second-order valence-corrected chi connectivity index (χ2v) is 12.3. The van der Waals surface area contributed by atoms with Gasteiger partial charge in [0.1, 0.15) is 5.60 Å². The third-order valence-electron chi connectivity index (χ3n) is 8.30. The van der Waals surface area contributed by atoms with Crippen molar-refractivity contribution in [3.05, 3.63) is 58.2 Å². The third-order valence-corrected chi connectivity index (χ3v) is 8.30. The molecule has 0 bridgehead atoms. The summed E-state index contributed by atoms with van der Waals surface area (Å²) in [5.41, 5.74) is 7.47. The van der Waals surface area contributed by atoms with Gasteiger partial charge >= 0.3 is 6.09 Å². The lowest BCUT2D eigenvalue weighted by Crippen LogP contribution is -2.40. The van der Waals surface area contributed by atoms with Gasteiger partial charge in [-0.3, -0.25) is 9.97 Å². The summed E-state index contributed by atoms with van der Waals surface area (Å²) in [6.07, 6.45) is 16.6. The summed E-state index contributed by atoms with van der Waals surface area (Å²) in [5, 5.41) is 3.42. The summed E-state index contributed by atoms with van der Waals surface area (Å²) in [6.45, 7) is 9.13. The number of carbonyl (C=O) groups excluding carboxylic acids is 1. The van der Waals surface area contributed by atoms with Gasteiger partial charge in [-0.1, -0.05) is 37.8 Å². The molecule has 0 saturated heterocycles. The Kier molecular flexibility index (Phi) is 8.13. The maximum Gasteiger partial charge on any atom is 0.410 e. The van der Waals surface area contributed by atoms with E-state index in [0.717, 1.165) is 37.5 Å². The van der Waals surface area contributed by atoms with Crippen LogP contribution in [-0.2, 0) is 30.7 Å². The van der Waals surface area contributed by atoms with Crippen LogP contribution in [0.5, 0.6) is 0 Å². The second kappa shape index (κ2) is 11.5. The number of ether oxygens (including phenoxy) is 1. The molecule has 2 aliphatic carbocycles. The molecule has 6 rings (SSSR count). The second-order valence-electron chi connectivity index (χ2n) is 12.3. The van der Waals surface area contributed by atoms with Crippen molar-refractivity contribution in [3.63, 3.8) is 0 Å². The van der Waals surface area contributed by atoms with Crippen LogP contribution in [0.3, 0.4) is 0 Å². The van der Waals surface area contributed by atoms with Gasteiger partial charge in [0.25, 0.3) is 0 Å². The van der Waals surface area contributed by atoms with E-state index >= 15 is 0 Å². The molecule has 0 aromatic carbocycles. The molecule has 0 radical (unpaired) electrons.